The maximum absolute atomic E-state index is 5.82. The number of anilines is 1. The molecule has 2 heterocycles. The minimum Gasteiger partial charge on any atom is -0.338 e. The van der Waals surface area contributed by atoms with Crippen LogP contribution in [0.4, 0.5) is 5.95 Å². The van der Waals surface area contributed by atoms with Crippen molar-refractivity contribution in [2.45, 2.75) is 6.54 Å². The highest BCUT2D eigenvalue weighted by Crippen LogP contribution is 2.23. The van der Waals surface area contributed by atoms with Crippen LogP contribution in [-0.2, 0) is 6.54 Å². The molecule has 3 rings (SSSR count). The highest BCUT2D eigenvalue weighted by molar-refractivity contribution is 9.10. The van der Waals surface area contributed by atoms with Gasteiger partial charge in [0.2, 0.25) is 5.95 Å². The summed E-state index contributed by atoms with van der Waals surface area (Å²) < 4.78 is 1.06. The molecular weight excluding hydrogens is 342 g/mol. The summed E-state index contributed by atoms with van der Waals surface area (Å²) in [6, 6.07) is 10.1. The van der Waals surface area contributed by atoms with Gasteiger partial charge in [0, 0.05) is 42.8 Å². The van der Waals surface area contributed by atoms with E-state index in [0.29, 0.717) is 6.54 Å². The zero-order valence-corrected chi connectivity index (χ0v) is 14.3. The number of hydrogen-bond donors (Lipinski definition) is 1. The van der Waals surface area contributed by atoms with Crippen molar-refractivity contribution in [2.75, 3.05) is 38.1 Å². The fourth-order valence-electron chi connectivity index (χ4n) is 2.50. The second-order valence-corrected chi connectivity index (χ2v) is 6.46. The number of nitrogens with two attached hydrogens (primary N) is 1. The quantitative estimate of drug-likeness (QED) is 0.907. The minimum atomic E-state index is 0.423. The molecule has 2 aromatic rings. The lowest BCUT2D eigenvalue weighted by Gasteiger charge is -2.32. The average Bonchev–Trinajstić information content (AvgIpc) is 2.55. The summed E-state index contributed by atoms with van der Waals surface area (Å²) in [7, 11) is 2.14. The van der Waals surface area contributed by atoms with Gasteiger partial charge in [0.05, 0.1) is 11.4 Å². The largest absolute Gasteiger partial charge is 0.338 e. The van der Waals surface area contributed by atoms with Crippen molar-refractivity contribution >= 4 is 21.9 Å². The molecule has 0 bridgehead atoms. The lowest BCUT2D eigenvalue weighted by atomic mass is 10.1. The van der Waals surface area contributed by atoms with E-state index in [1.54, 1.807) is 0 Å². The second kappa shape index (κ2) is 6.73. The molecule has 1 saturated heterocycles. The van der Waals surface area contributed by atoms with Crippen LogP contribution in [0.15, 0.2) is 34.8 Å². The Morgan fingerprint density at radius 3 is 2.41 bits per heavy atom. The Hall–Kier alpha value is -1.50. The normalized spacial score (nSPS) is 16.0. The smallest absolute Gasteiger partial charge is 0.226 e. The van der Waals surface area contributed by atoms with Gasteiger partial charge in [-0.15, -0.1) is 0 Å². The molecule has 116 valence electrons. The summed E-state index contributed by atoms with van der Waals surface area (Å²) in [6.07, 6.45) is 0. The van der Waals surface area contributed by atoms with Crippen LogP contribution in [0.2, 0.25) is 0 Å². The zero-order valence-electron chi connectivity index (χ0n) is 12.7. The third-order valence-corrected chi connectivity index (χ3v) is 4.43. The maximum Gasteiger partial charge on any atom is 0.226 e. The number of likely N-dealkylation sites (N-methyl/N-ethyl adjacent to an activating group) is 1. The van der Waals surface area contributed by atoms with Gasteiger partial charge < -0.3 is 15.5 Å². The molecular formula is C16H20BrN5. The summed E-state index contributed by atoms with van der Waals surface area (Å²) in [5.41, 5.74) is 8.70. The summed E-state index contributed by atoms with van der Waals surface area (Å²) in [4.78, 5) is 13.9. The molecule has 0 unspecified atom stereocenters. The van der Waals surface area contributed by atoms with E-state index in [-0.39, 0.29) is 0 Å². The lowest BCUT2D eigenvalue weighted by Crippen LogP contribution is -2.45. The monoisotopic (exact) mass is 361 g/mol. The van der Waals surface area contributed by atoms with Gasteiger partial charge in [0.1, 0.15) is 0 Å². The van der Waals surface area contributed by atoms with E-state index >= 15 is 0 Å². The zero-order chi connectivity index (χ0) is 15.5. The fourth-order valence-corrected chi connectivity index (χ4v) is 2.77. The van der Waals surface area contributed by atoms with E-state index in [1.165, 1.54) is 0 Å². The van der Waals surface area contributed by atoms with Crippen LogP contribution in [0.1, 0.15) is 5.69 Å². The van der Waals surface area contributed by atoms with Gasteiger partial charge >= 0.3 is 0 Å². The Morgan fingerprint density at radius 2 is 1.77 bits per heavy atom. The molecule has 1 aromatic heterocycles. The fraction of sp³-hybridized carbons (Fsp3) is 0.375. The van der Waals surface area contributed by atoms with Crippen LogP contribution < -0.4 is 10.6 Å². The van der Waals surface area contributed by atoms with Crippen molar-refractivity contribution in [1.82, 2.24) is 14.9 Å². The average molecular weight is 362 g/mol. The number of piperazine rings is 1. The minimum absolute atomic E-state index is 0.423. The van der Waals surface area contributed by atoms with Crippen molar-refractivity contribution in [1.29, 1.82) is 0 Å². The summed E-state index contributed by atoms with van der Waals surface area (Å²) in [5.74, 6) is 0.786. The van der Waals surface area contributed by atoms with Gasteiger partial charge in [-0.25, -0.2) is 9.97 Å². The van der Waals surface area contributed by atoms with Crippen molar-refractivity contribution < 1.29 is 0 Å². The van der Waals surface area contributed by atoms with Gasteiger partial charge in [-0.3, -0.25) is 0 Å². The van der Waals surface area contributed by atoms with Crippen LogP contribution in [-0.4, -0.2) is 48.1 Å². The van der Waals surface area contributed by atoms with Crippen LogP contribution in [0.25, 0.3) is 11.3 Å². The molecule has 0 spiro atoms. The Morgan fingerprint density at radius 1 is 1.09 bits per heavy atom. The third-order valence-electron chi connectivity index (χ3n) is 3.90. The molecule has 0 atom stereocenters. The summed E-state index contributed by atoms with van der Waals surface area (Å²) in [5, 5.41) is 0. The van der Waals surface area contributed by atoms with Crippen LogP contribution >= 0.6 is 15.9 Å². The van der Waals surface area contributed by atoms with Gasteiger partial charge in [-0.1, -0.05) is 28.1 Å². The van der Waals surface area contributed by atoms with Crippen molar-refractivity contribution in [3.05, 3.63) is 40.5 Å². The first-order valence-electron chi connectivity index (χ1n) is 7.43. The van der Waals surface area contributed by atoms with E-state index < -0.39 is 0 Å². The Labute approximate surface area is 139 Å². The molecule has 6 heteroatoms. The molecule has 22 heavy (non-hydrogen) atoms. The first-order valence-corrected chi connectivity index (χ1v) is 8.22. The number of rotatable bonds is 3. The standard InChI is InChI=1S/C16H20BrN5/c1-21-6-8-22(9-7-21)16-19-14(11-18)10-15(20-16)12-2-4-13(17)5-3-12/h2-5,10H,6-9,11,18H2,1H3. The molecule has 1 aromatic carbocycles. The molecule has 5 nitrogen and oxygen atoms in total. The lowest BCUT2D eigenvalue weighted by molar-refractivity contribution is 0.311. The Balaban J connectivity index is 1.94. The van der Waals surface area contributed by atoms with E-state index in [9.17, 15) is 0 Å². The van der Waals surface area contributed by atoms with Gasteiger partial charge in [-0.2, -0.15) is 0 Å². The van der Waals surface area contributed by atoms with E-state index in [0.717, 1.165) is 53.6 Å². The Kier molecular flexibility index (Phi) is 4.71. The first-order chi connectivity index (χ1) is 10.7. The predicted octanol–water partition coefficient (Wildman–Crippen LogP) is 2.12. The van der Waals surface area contributed by atoms with Crippen molar-refractivity contribution in [3.63, 3.8) is 0 Å². The first kappa shape index (κ1) is 15.4. The molecule has 1 aliphatic rings. The van der Waals surface area contributed by atoms with Gasteiger partial charge in [-0.05, 0) is 25.2 Å². The summed E-state index contributed by atoms with van der Waals surface area (Å²) in [6.45, 7) is 4.38. The second-order valence-electron chi connectivity index (χ2n) is 5.55. The molecule has 1 fully saturated rings. The number of hydrogen-bond acceptors (Lipinski definition) is 5. The molecule has 0 radical (unpaired) electrons. The SMILES string of the molecule is CN1CCN(c2nc(CN)cc(-c3ccc(Br)cc3)n2)CC1. The number of halogens is 1. The number of benzene rings is 1. The van der Waals surface area contributed by atoms with Gasteiger partial charge in [0.15, 0.2) is 0 Å². The summed E-state index contributed by atoms with van der Waals surface area (Å²) >= 11 is 3.46. The molecule has 0 saturated carbocycles. The molecule has 0 aliphatic carbocycles. The third kappa shape index (κ3) is 3.45. The van der Waals surface area contributed by atoms with Gasteiger partial charge in [0.25, 0.3) is 0 Å². The highest BCUT2D eigenvalue weighted by Gasteiger charge is 2.18. The number of aromatic nitrogens is 2. The van der Waals surface area contributed by atoms with Crippen molar-refractivity contribution in [3.8, 4) is 11.3 Å². The maximum atomic E-state index is 5.82. The van der Waals surface area contributed by atoms with E-state index in [1.807, 2.05) is 18.2 Å². The van der Waals surface area contributed by atoms with Crippen LogP contribution in [0.3, 0.4) is 0 Å². The van der Waals surface area contributed by atoms with Crippen LogP contribution in [0.5, 0.6) is 0 Å². The van der Waals surface area contributed by atoms with Crippen molar-refractivity contribution in [2.24, 2.45) is 5.73 Å². The Bertz CT molecular complexity index is 635. The highest BCUT2D eigenvalue weighted by atomic mass is 79.9. The predicted molar refractivity (Wildman–Crippen MR) is 92.8 cm³/mol. The molecule has 1 aliphatic heterocycles. The van der Waals surface area contributed by atoms with E-state index in [2.05, 4.69) is 49.9 Å². The van der Waals surface area contributed by atoms with Crippen LogP contribution in [0, 0.1) is 0 Å². The molecule has 2 N–H and O–H groups in total. The topological polar surface area (TPSA) is 58.3 Å². The van der Waals surface area contributed by atoms with E-state index in [4.69, 9.17) is 10.7 Å². The number of nitrogens with zero attached hydrogens (tertiary/aromatic N) is 4. The molecule has 0 amide bonds.